The number of sulfone groups is 1. The predicted octanol–water partition coefficient (Wildman–Crippen LogP) is 1.28. The first-order valence-electron chi connectivity index (χ1n) is 8.65. The summed E-state index contributed by atoms with van der Waals surface area (Å²) in [6, 6.07) is 4.91. The van der Waals surface area contributed by atoms with E-state index in [1.54, 1.807) is 13.1 Å². The molecule has 1 aromatic carbocycles. The van der Waals surface area contributed by atoms with Gasteiger partial charge in [-0.2, -0.15) is 0 Å². The van der Waals surface area contributed by atoms with E-state index in [0.717, 1.165) is 23.7 Å². The van der Waals surface area contributed by atoms with Gasteiger partial charge >= 0.3 is 0 Å². The molecule has 0 saturated carbocycles. The maximum Gasteiger partial charge on any atom is 0.254 e. The number of benzene rings is 1. The summed E-state index contributed by atoms with van der Waals surface area (Å²) in [6.07, 6.45) is 3.45. The second-order valence-electron chi connectivity index (χ2n) is 7.18. The van der Waals surface area contributed by atoms with Crippen LogP contribution in [0.2, 0.25) is 0 Å². The zero-order valence-corrected chi connectivity index (χ0v) is 15.0. The number of aliphatic hydroxyl groups excluding tert-OH is 1. The minimum Gasteiger partial charge on any atom is -0.390 e. The highest BCUT2D eigenvalue weighted by molar-refractivity contribution is 7.91. The number of nitrogens with zero attached hydrogens (tertiary/aromatic N) is 1. The van der Waals surface area contributed by atoms with Gasteiger partial charge in [0.2, 0.25) is 0 Å². The van der Waals surface area contributed by atoms with Crippen molar-refractivity contribution in [2.45, 2.75) is 37.8 Å². The van der Waals surface area contributed by atoms with E-state index in [2.05, 4.69) is 4.98 Å². The van der Waals surface area contributed by atoms with Crippen molar-refractivity contribution in [3.05, 3.63) is 35.0 Å². The summed E-state index contributed by atoms with van der Waals surface area (Å²) in [6.45, 7) is 0. The molecule has 0 radical (unpaired) electrons. The van der Waals surface area contributed by atoms with Crippen LogP contribution in [0.3, 0.4) is 0 Å². The number of aromatic amines is 1. The Balaban J connectivity index is 1.64. The first-order chi connectivity index (χ1) is 11.9. The van der Waals surface area contributed by atoms with E-state index < -0.39 is 22.0 Å². The van der Waals surface area contributed by atoms with Gasteiger partial charge in [-0.3, -0.25) is 4.79 Å². The standard InChI is InChI=1S/C18H22N2O4S/c1-20(16-9-25(23,24)10-17(16)21)18(22)11-6-7-13-12-4-2-3-5-14(12)19-15(13)8-11/h6-8,16-17,19,21H,2-5,9-10H2,1H3/t16-,17-/m1/s1. The smallest absolute Gasteiger partial charge is 0.254 e. The van der Waals surface area contributed by atoms with Crippen molar-refractivity contribution in [2.24, 2.45) is 0 Å². The van der Waals surface area contributed by atoms with Crippen molar-refractivity contribution in [3.63, 3.8) is 0 Å². The van der Waals surface area contributed by atoms with Crippen LogP contribution >= 0.6 is 0 Å². The Morgan fingerprint density at radius 3 is 2.72 bits per heavy atom. The monoisotopic (exact) mass is 362 g/mol. The summed E-state index contributed by atoms with van der Waals surface area (Å²) >= 11 is 0. The van der Waals surface area contributed by atoms with Gasteiger partial charge in [0.1, 0.15) is 0 Å². The number of aliphatic hydroxyl groups is 1. The third-order valence-corrected chi connectivity index (χ3v) is 7.16. The van der Waals surface area contributed by atoms with Crippen molar-refractivity contribution in [2.75, 3.05) is 18.6 Å². The van der Waals surface area contributed by atoms with Crippen molar-refractivity contribution in [1.82, 2.24) is 9.88 Å². The van der Waals surface area contributed by atoms with E-state index >= 15 is 0 Å². The molecule has 1 amide bonds. The Bertz CT molecular complexity index is 947. The molecule has 1 saturated heterocycles. The highest BCUT2D eigenvalue weighted by Gasteiger charge is 2.40. The van der Waals surface area contributed by atoms with Gasteiger partial charge in [-0.05, 0) is 43.4 Å². The normalized spacial score (nSPS) is 25.0. The van der Waals surface area contributed by atoms with Crippen LogP contribution < -0.4 is 0 Å². The van der Waals surface area contributed by atoms with Crippen molar-refractivity contribution in [1.29, 1.82) is 0 Å². The molecule has 2 aromatic rings. The van der Waals surface area contributed by atoms with Crippen LogP contribution in [0, 0.1) is 0 Å². The molecule has 134 valence electrons. The van der Waals surface area contributed by atoms with Crippen molar-refractivity contribution in [3.8, 4) is 0 Å². The SMILES string of the molecule is CN(C(=O)c1ccc2c3c([nH]c2c1)CCCC3)[C@@H]1CS(=O)(=O)C[C@H]1O. The molecular formula is C18H22N2O4S. The summed E-state index contributed by atoms with van der Waals surface area (Å²) in [5, 5.41) is 11.2. The highest BCUT2D eigenvalue weighted by Crippen LogP contribution is 2.30. The maximum atomic E-state index is 12.8. The summed E-state index contributed by atoms with van der Waals surface area (Å²) in [5.74, 6) is -0.733. The molecule has 0 bridgehead atoms. The third kappa shape index (κ3) is 2.85. The minimum atomic E-state index is -3.29. The van der Waals surface area contributed by atoms with Gasteiger partial charge in [0.05, 0.1) is 23.7 Å². The lowest BCUT2D eigenvalue weighted by Crippen LogP contribution is -2.44. The molecule has 6 nitrogen and oxygen atoms in total. The van der Waals surface area contributed by atoms with E-state index in [1.165, 1.54) is 29.0 Å². The number of aromatic nitrogens is 1. The Kier molecular flexibility index (Phi) is 3.88. The third-order valence-electron chi connectivity index (χ3n) is 5.46. The fraction of sp³-hybridized carbons (Fsp3) is 0.500. The molecule has 0 unspecified atom stereocenters. The number of fused-ring (bicyclic) bond motifs is 3. The zero-order chi connectivity index (χ0) is 17.8. The molecule has 2 heterocycles. The average Bonchev–Trinajstić information content (AvgIpc) is 3.08. The van der Waals surface area contributed by atoms with Gasteiger partial charge in [0.15, 0.2) is 9.84 Å². The topological polar surface area (TPSA) is 90.5 Å². The van der Waals surface area contributed by atoms with Crippen LogP contribution in [0.15, 0.2) is 18.2 Å². The largest absolute Gasteiger partial charge is 0.390 e. The minimum absolute atomic E-state index is 0.185. The molecular weight excluding hydrogens is 340 g/mol. The average molecular weight is 362 g/mol. The summed E-state index contributed by atoms with van der Waals surface area (Å²) in [4.78, 5) is 17.6. The van der Waals surface area contributed by atoms with Crippen LogP contribution in [0.4, 0.5) is 0 Å². The van der Waals surface area contributed by atoms with Gasteiger partial charge in [-0.15, -0.1) is 0 Å². The van der Waals surface area contributed by atoms with Crippen LogP contribution in [-0.4, -0.2) is 60.0 Å². The Morgan fingerprint density at radius 1 is 1.24 bits per heavy atom. The summed E-state index contributed by atoms with van der Waals surface area (Å²) in [7, 11) is -1.74. The van der Waals surface area contributed by atoms with Gasteiger partial charge < -0.3 is 15.0 Å². The van der Waals surface area contributed by atoms with E-state index in [4.69, 9.17) is 0 Å². The van der Waals surface area contributed by atoms with Crippen LogP contribution in [0.25, 0.3) is 10.9 Å². The van der Waals surface area contributed by atoms with Crippen LogP contribution in [0.5, 0.6) is 0 Å². The molecule has 1 aliphatic carbocycles. The number of carbonyl (C=O) groups is 1. The fourth-order valence-electron chi connectivity index (χ4n) is 4.08. The number of hydrogen-bond donors (Lipinski definition) is 2. The molecule has 25 heavy (non-hydrogen) atoms. The maximum absolute atomic E-state index is 12.8. The summed E-state index contributed by atoms with van der Waals surface area (Å²) < 4.78 is 23.4. The van der Waals surface area contributed by atoms with Crippen molar-refractivity contribution < 1.29 is 18.3 Å². The fourth-order valence-corrected chi connectivity index (χ4v) is 5.93. The number of likely N-dealkylation sites (N-methyl/N-ethyl adjacent to an activating group) is 1. The quantitative estimate of drug-likeness (QED) is 0.842. The Labute approximate surface area is 146 Å². The van der Waals surface area contributed by atoms with Crippen molar-refractivity contribution >= 4 is 26.6 Å². The molecule has 2 atom stereocenters. The first-order valence-corrected chi connectivity index (χ1v) is 10.5. The number of nitrogens with one attached hydrogen (secondary N) is 1. The van der Waals surface area contributed by atoms with Gasteiger partial charge in [0, 0.05) is 29.2 Å². The number of aryl methyl sites for hydroxylation is 2. The van der Waals surface area contributed by atoms with Gasteiger partial charge in [-0.25, -0.2) is 8.42 Å². The number of rotatable bonds is 2. The second-order valence-corrected chi connectivity index (χ2v) is 9.33. The molecule has 0 spiro atoms. The van der Waals surface area contributed by atoms with Gasteiger partial charge in [-0.1, -0.05) is 6.07 Å². The molecule has 4 rings (SSSR count). The molecule has 1 fully saturated rings. The first kappa shape index (κ1) is 16.6. The Morgan fingerprint density at radius 2 is 2.00 bits per heavy atom. The van der Waals surface area contributed by atoms with E-state index in [0.29, 0.717) is 5.56 Å². The lowest BCUT2D eigenvalue weighted by molar-refractivity contribution is 0.0581. The van der Waals surface area contributed by atoms with E-state index in [9.17, 15) is 18.3 Å². The van der Waals surface area contributed by atoms with Gasteiger partial charge in [0.25, 0.3) is 5.91 Å². The molecule has 1 aliphatic heterocycles. The number of carbonyl (C=O) groups excluding carboxylic acids is 1. The highest BCUT2D eigenvalue weighted by atomic mass is 32.2. The predicted molar refractivity (Wildman–Crippen MR) is 95.5 cm³/mol. The van der Waals surface area contributed by atoms with Crippen LogP contribution in [0.1, 0.15) is 34.5 Å². The molecule has 7 heteroatoms. The zero-order valence-electron chi connectivity index (χ0n) is 14.2. The lowest BCUT2D eigenvalue weighted by Gasteiger charge is -2.26. The van der Waals surface area contributed by atoms with E-state index in [-0.39, 0.29) is 17.4 Å². The van der Waals surface area contributed by atoms with E-state index in [1.807, 2.05) is 12.1 Å². The second kappa shape index (κ2) is 5.85. The number of amides is 1. The van der Waals surface area contributed by atoms with Crippen LogP contribution in [-0.2, 0) is 22.7 Å². The number of H-pyrrole nitrogens is 1. The summed E-state index contributed by atoms with van der Waals surface area (Å²) in [5.41, 5.74) is 4.07. The number of hydrogen-bond acceptors (Lipinski definition) is 4. The molecule has 2 aliphatic rings. The molecule has 1 aromatic heterocycles. The Hall–Kier alpha value is -1.86. The molecule has 2 N–H and O–H groups in total. The lowest BCUT2D eigenvalue weighted by atomic mass is 9.95.